The van der Waals surface area contributed by atoms with Crippen LogP contribution in [0.1, 0.15) is 57.3 Å². The number of nitrogens with zero attached hydrogens (tertiary/aromatic N) is 3. The number of fused-ring (bicyclic) bond motifs is 1. The average Bonchev–Trinajstić information content (AvgIpc) is 2.93. The van der Waals surface area contributed by atoms with E-state index in [1.165, 1.54) is 32.1 Å². The molecule has 4 atom stereocenters. The number of amides is 1. The molecule has 6 heteroatoms. The SMILES string of the molecule is CC(NC(=O)C1CCC2CCCCC2N1)c1nncn1C. The van der Waals surface area contributed by atoms with E-state index in [0.29, 0.717) is 6.04 Å². The Balaban J connectivity index is 1.57. The third-order valence-electron chi connectivity index (χ3n) is 4.96. The molecule has 2 N–H and O–H groups in total. The molecule has 2 heterocycles. The maximum Gasteiger partial charge on any atom is 0.237 e. The predicted molar refractivity (Wildman–Crippen MR) is 79.5 cm³/mol. The van der Waals surface area contributed by atoms with Gasteiger partial charge in [-0.1, -0.05) is 12.8 Å². The molecule has 0 aromatic carbocycles. The van der Waals surface area contributed by atoms with Crippen molar-refractivity contribution < 1.29 is 4.79 Å². The molecular weight excluding hydrogens is 266 g/mol. The second-order valence-corrected chi connectivity index (χ2v) is 6.48. The van der Waals surface area contributed by atoms with Gasteiger partial charge < -0.3 is 15.2 Å². The van der Waals surface area contributed by atoms with Gasteiger partial charge in [0.2, 0.25) is 5.91 Å². The molecule has 0 radical (unpaired) electrons. The van der Waals surface area contributed by atoms with Gasteiger partial charge in [0.15, 0.2) is 5.82 Å². The van der Waals surface area contributed by atoms with Crippen LogP contribution in [0.15, 0.2) is 6.33 Å². The van der Waals surface area contributed by atoms with Crippen LogP contribution >= 0.6 is 0 Å². The minimum absolute atomic E-state index is 0.0555. The highest BCUT2D eigenvalue weighted by atomic mass is 16.2. The van der Waals surface area contributed by atoms with Gasteiger partial charge in [-0.3, -0.25) is 4.79 Å². The Morgan fingerprint density at radius 2 is 2.19 bits per heavy atom. The van der Waals surface area contributed by atoms with E-state index >= 15 is 0 Å². The van der Waals surface area contributed by atoms with E-state index in [2.05, 4.69) is 20.8 Å². The van der Waals surface area contributed by atoms with E-state index in [1.54, 1.807) is 6.33 Å². The molecule has 1 aliphatic carbocycles. The number of aryl methyl sites for hydroxylation is 1. The molecule has 1 aliphatic heterocycles. The Morgan fingerprint density at radius 3 is 2.95 bits per heavy atom. The Morgan fingerprint density at radius 1 is 1.38 bits per heavy atom. The van der Waals surface area contributed by atoms with Crippen molar-refractivity contribution in [3.05, 3.63) is 12.2 Å². The predicted octanol–water partition coefficient (Wildman–Crippen LogP) is 1.30. The number of carbonyl (C=O) groups is 1. The summed E-state index contributed by atoms with van der Waals surface area (Å²) in [6.45, 7) is 1.95. The van der Waals surface area contributed by atoms with Crippen LogP contribution in [-0.2, 0) is 11.8 Å². The fourth-order valence-corrected chi connectivity index (χ4v) is 3.76. The molecule has 0 spiro atoms. The molecule has 116 valence electrons. The molecule has 0 bridgehead atoms. The smallest absolute Gasteiger partial charge is 0.237 e. The Labute approximate surface area is 125 Å². The fraction of sp³-hybridized carbons (Fsp3) is 0.800. The standard InChI is InChI=1S/C15H25N5O/c1-10(14-19-16-9-20(14)2)17-15(21)13-8-7-11-5-3-4-6-12(11)18-13/h9-13,18H,3-8H2,1-2H3,(H,17,21). The largest absolute Gasteiger partial charge is 0.345 e. The molecule has 1 saturated heterocycles. The maximum atomic E-state index is 12.5. The first-order valence-electron chi connectivity index (χ1n) is 8.05. The summed E-state index contributed by atoms with van der Waals surface area (Å²) in [4.78, 5) is 12.5. The normalized spacial score (nSPS) is 30.5. The Hall–Kier alpha value is -1.43. The van der Waals surface area contributed by atoms with Crippen LogP contribution in [0.25, 0.3) is 0 Å². The monoisotopic (exact) mass is 291 g/mol. The third kappa shape index (κ3) is 3.10. The second-order valence-electron chi connectivity index (χ2n) is 6.48. The fourth-order valence-electron chi connectivity index (χ4n) is 3.76. The zero-order valence-electron chi connectivity index (χ0n) is 12.9. The average molecular weight is 291 g/mol. The van der Waals surface area contributed by atoms with Crippen molar-refractivity contribution in [3.63, 3.8) is 0 Å². The molecule has 2 fully saturated rings. The van der Waals surface area contributed by atoms with Gasteiger partial charge in [0, 0.05) is 13.1 Å². The van der Waals surface area contributed by atoms with E-state index in [1.807, 2.05) is 18.5 Å². The highest BCUT2D eigenvalue weighted by Gasteiger charge is 2.34. The zero-order chi connectivity index (χ0) is 14.8. The molecule has 4 unspecified atom stereocenters. The molecule has 1 amide bonds. The number of nitrogens with one attached hydrogen (secondary N) is 2. The van der Waals surface area contributed by atoms with Crippen molar-refractivity contribution >= 4 is 5.91 Å². The van der Waals surface area contributed by atoms with Crippen LogP contribution < -0.4 is 10.6 Å². The summed E-state index contributed by atoms with van der Waals surface area (Å²) in [5.74, 6) is 1.66. The summed E-state index contributed by atoms with van der Waals surface area (Å²) in [5.41, 5.74) is 0. The van der Waals surface area contributed by atoms with E-state index in [4.69, 9.17) is 0 Å². The number of hydrogen-bond acceptors (Lipinski definition) is 4. The van der Waals surface area contributed by atoms with Gasteiger partial charge in [-0.25, -0.2) is 0 Å². The lowest BCUT2D eigenvalue weighted by molar-refractivity contribution is -0.125. The first kappa shape index (κ1) is 14.5. The minimum Gasteiger partial charge on any atom is -0.345 e. The second kappa shape index (κ2) is 6.13. The highest BCUT2D eigenvalue weighted by molar-refractivity contribution is 5.82. The van der Waals surface area contributed by atoms with Gasteiger partial charge in [0.25, 0.3) is 0 Å². The van der Waals surface area contributed by atoms with Crippen LogP contribution in [0, 0.1) is 5.92 Å². The van der Waals surface area contributed by atoms with Crippen molar-refractivity contribution in [2.24, 2.45) is 13.0 Å². The molecule has 6 nitrogen and oxygen atoms in total. The quantitative estimate of drug-likeness (QED) is 0.880. The lowest BCUT2D eigenvalue weighted by atomic mass is 9.77. The van der Waals surface area contributed by atoms with Crippen molar-refractivity contribution in [2.75, 3.05) is 0 Å². The Bertz CT molecular complexity index is 500. The lowest BCUT2D eigenvalue weighted by Gasteiger charge is -2.40. The summed E-state index contributed by atoms with van der Waals surface area (Å²) in [7, 11) is 1.89. The molecule has 2 aliphatic rings. The summed E-state index contributed by atoms with van der Waals surface area (Å²) < 4.78 is 1.84. The number of piperidine rings is 1. The van der Waals surface area contributed by atoms with Crippen molar-refractivity contribution in [1.82, 2.24) is 25.4 Å². The number of aromatic nitrogens is 3. The molecule has 1 saturated carbocycles. The van der Waals surface area contributed by atoms with Gasteiger partial charge in [-0.15, -0.1) is 10.2 Å². The lowest BCUT2D eigenvalue weighted by Crippen LogP contribution is -2.55. The van der Waals surface area contributed by atoms with Gasteiger partial charge in [0.05, 0.1) is 12.1 Å². The molecule has 21 heavy (non-hydrogen) atoms. The van der Waals surface area contributed by atoms with Crippen LogP contribution in [0.5, 0.6) is 0 Å². The topological polar surface area (TPSA) is 71.8 Å². The first-order chi connectivity index (χ1) is 10.1. The molecule has 3 rings (SSSR count). The van der Waals surface area contributed by atoms with E-state index < -0.39 is 0 Å². The minimum atomic E-state index is -0.115. The first-order valence-corrected chi connectivity index (χ1v) is 8.05. The van der Waals surface area contributed by atoms with E-state index in [9.17, 15) is 4.79 Å². The van der Waals surface area contributed by atoms with Crippen LogP contribution in [-0.4, -0.2) is 32.8 Å². The van der Waals surface area contributed by atoms with Gasteiger partial charge >= 0.3 is 0 Å². The van der Waals surface area contributed by atoms with Crippen molar-refractivity contribution in [2.45, 2.75) is 63.6 Å². The van der Waals surface area contributed by atoms with E-state index in [0.717, 1.165) is 18.2 Å². The molecule has 1 aromatic rings. The third-order valence-corrected chi connectivity index (χ3v) is 4.96. The van der Waals surface area contributed by atoms with Crippen molar-refractivity contribution in [3.8, 4) is 0 Å². The molecule has 1 aromatic heterocycles. The molecular formula is C15H25N5O. The van der Waals surface area contributed by atoms with Crippen LogP contribution in [0.2, 0.25) is 0 Å². The van der Waals surface area contributed by atoms with Crippen LogP contribution in [0.3, 0.4) is 0 Å². The number of rotatable bonds is 3. The van der Waals surface area contributed by atoms with Gasteiger partial charge in [0.1, 0.15) is 6.33 Å². The zero-order valence-corrected chi connectivity index (χ0v) is 12.9. The summed E-state index contributed by atoms with van der Waals surface area (Å²) in [6, 6.07) is 0.365. The van der Waals surface area contributed by atoms with Crippen molar-refractivity contribution in [1.29, 1.82) is 0 Å². The van der Waals surface area contributed by atoms with Gasteiger partial charge in [-0.05, 0) is 38.5 Å². The maximum absolute atomic E-state index is 12.5. The number of hydrogen-bond donors (Lipinski definition) is 2. The van der Waals surface area contributed by atoms with Gasteiger partial charge in [-0.2, -0.15) is 0 Å². The summed E-state index contributed by atoms with van der Waals surface area (Å²) >= 11 is 0. The number of carbonyl (C=O) groups excluding carboxylic acids is 1. The van der Waals surface area contributed by atoms with E-state index in [-0.39, 0.29) is 18.0 Å². The summed E-state index contributed by atoms with van der Waals surface area (Å²) in [5, 5.41) is 14.5. The summed E-state index contributed by atoms with van der Waals surface area (Å²) in [6.07, 6.45) is 8.95. The highest BCUT2D eigenvalue weighted by Crippen LogP contribution is 2.32. The van der Waals surface area contributed by atoms with Crippen LogP contribution in [0.4, 0.5) is 0 Å². The Kier molecular flexibility index (Phi) is 4.24.